The average molecular weight is 551 g/mol. The Balaban J connectivity index is 1.20. The van der Waals surface area contributed by atoms with Gasteiger partial charge in [-0.1, -0.05) is 121 Å². The third kappa shape index (κ3) is 4.69. The van der Waals surface area contributed by atoms with Gasteiger partial charge in [0.1, 0.15) is 0 Å². The van der Waals surface area contributed by atoms with E-state index in [4.69, 9.17) is 15.0 Å². The van der Waals surface area contributed by atoms with Crippen LogP contribution in [0.15, 0.2) is 146 Å². The molecule has 2 aromatic heterocycles. The van der Waals surface area contributed by atoms with Gasteiger partial charge in [0.15, 0.2) is 17.5 Å². The molecule has 8 rings (SSSR count). The maximum atomic E-state index is 4.93. The summed E-state index contributed by atoms with van der Waals surface area (Å²) >= 11 is 0. The van der Waals surface area contributed by atoms with Gasteiger partial charge in [-0.25, -0.2) is 15.0 Å². The van der Waals surface area contributed by atoms with Gasteiger partial charge in [-0.2, -0.15) is 0 Å². The number of hydrogen-bond acceptors (Lipinski definition) is 4. The van der Waals surface area contributed by atoms with Crippen molar-refractivity contribution in [2.45, 2.75) is 6.42 Å². The molecule has 43 heavy (non-hydrogen) atoms. The summed E-state index contributed by atoms with van der Waals surface area (Å²) in [5.74, 6) is 1.97. The monoisotopic (exact) mass is 550 g/mol. The second kappa shape index (κ2) is 10.6. The van der Waals surface area contributed by atoms with E-state index in [1.807, 2.05) is 72.9 Å². The fourth-order valence-electron chi connectivity index (χ4n) is 5.93. The Bertz CT molecular complexity index is 2050. The molecule has 4 nitrogen and oxygen atoms in total. The van der Waals surface area contributed by atoms with Crippen molar-refractivity contribution in [2.24, 2.45) is 0 Å². The molecular formula is C39H26N4. The van der Waals surface area contributed by atoms with Gasteiger partial charge in [0.2, 0.25) is 0 Å². The molecule has 1 aliphatic rings. The summed E-state index contributed by atoms with van der Waals surface area (Å²) in [5, 5.41) is 0. The topological polar surface area (TPSA) is 51.6 Å². The summed E-state index contributed by atoms with van der Waals surface area (Å²) in [6, 6.07) is 48.2. The van der Waals surface area contributed by atoms with Crippen molar-refractivity contribution in [1.82, 2.24) is 19.9 Å². The van der Waals surface area contributed by atoms with E-state index in [0.29, 0.717) is 17.5 Å². The van der Waals surface area contributed by atoms with Crippen molar-refractivity contribution < 1.29 is 0 Å². The zero-order valence-corrected chi connectivity index (χ0v) is 23.4. The van der Waals surface area contributed by atoms with Crippen molar-refractivity contribution in [3.8, 4) is 67.7 Å². The second-order valence-electron chi connectivity index (χ2n) is 10.7. The molecule has 4 heteroatoms. The zero-order valence-electron chi connectivity index (χ0n) is 23.4. The molecule has 0 N–H and O–H groups in total. The van der Waals surface area contributed by atoms with Crippen molar-refractivity contribution in [2.75, 3.05) is 0 Å². The van der Waals surface area contributed by atoms with E-state index in [1.165, 1.54) is 27.8 Å². The molecule has 202 valence electrons. The van der Waals surface area contributed by atoms with Gasteiger partial charge >= 0.3 is 0 Å². The van der Waals surface area contributed by atoms with E-state index in [9.17, 15) is 0 Å². The van der Waals surface area contributed by atoms with Crippen molar-refractivity contribution in [1.29, 1.82) is 0 Å². The first kappa shape index (κ1) is 25.0. The molecule has 0 spiro atoms. The van der Waals surface area contributed by atoms with Crippen LogP contribution in [0.5, 0.6) is 0 Å². The summed E-state index contributed by atoms with van der Waals surface area (Å²) in [4.78, 5) is 19.4. The molecule has 2 heterocycles. The lowest BCUT2D eigenvalue weighted by Crippen LogP contribution is -2.00. The predicted molar refractivity (Wildman–Crippen MR) is 173 cm³/mol. The van der Waals surface area contributed by atoms with Crippen molar-refractivity contribution >= 4 is 0 Å². The molecular weight excluding hydrogens is 524 g/mol. The van der Waals surface area contributed by atoms with Crippen LogP contribution in [0.1, 0.15) is 11.1 Å². The van der Waals surface area contributed by atoms with Gasteiger partial charge in [0.25, 0.3) is 0 Å². The molecule has 7 aromatic rings. The van der Waals surface area contributed by atoms with Crippen molar-refractivity contribution in [3.63, 3.8) is 0 Å². The Morgan fingerprint density at radius 1 is 0.395 bits per heavy atom. The fraction of sp³-hybridized carbons (Fsp3) is 0.0256. The standard InChI is InChI=1S/C39H26N4/c1-3-11-26(12-4-1)37-41-38(27-13-5-2-6-14-27)43-39(42-37)32-18-8-16-29(24-32)28-15-7-17-30(23-28)33-20-9-21-34-35(33)25-31-19-10-22-40-36(31)34/h1-24H,25H2. The van der Waals surface area contributed by atoms with Crippen LogP contribution in [0.2, 0.25) is 0 Å². The predicted octanol–water partition coefficient (Wildman–Crippen LogP) is 9.17. The molecule has 0 bridgehead atoms. The highest BCUT2D eigenvalue weighted by atomic mass is 15.0. The lowest BCUT2D eigenvalue weighted by Gasteiger charge is -2.12. The lowest BCUT2D eigenvalue weighted by atomic mass is 9.93. The van der Waals surface area contributed by atoms with Gasteiger partial charge < -0.3 is 0 Å². The molecule has 0 atom stereocenters. The van der Waals surface area contributed by atoms with Gasteiger partial charge in [0, 0.05) is 34.9 Å². The Morgan fingerprint density at radius 3 is 1.58 bits per heavy atom. The van der Waals surface area contributed by atoms with E-state index in [-0.39, 0.29) is 0 Å². The molecule has 1 aliphatic carbocycles. The molecule has 5 aromatic carbocycles. The Kier molecular flexibility index (Phi) is 6.16. The largest absolute Gasteiger partial charge is 0.256 e. The van der Waals surface area contributed by atoms with E-state index in [1.54, 1.807) is 0 Å². The van der Waals surface area contributed by atoms with Crippen LogP contribution in [-0.2, 0) is 6.42 Å². The normalized spacial score (nSPS) is 11.6. The van der Waals surface area contributed by atoms with E-state index < -0.39 is 0 Å². The first-order chi connectivity index (χ1) is 21.3. The second-order valence-corrected chi connectivity index (χ2v) is 10.7. The van der Waals surface area contributed by atoms with Crippen LogP contribution >= 0.6 is 0 Å². The number of pyridine rings is 1. The molecule has 0 saturated carbocycles. The van der Waals surface area contributed by atoms with E-state index in [0.717, 1.165) is 39.9 Å². The number of hydrogen-bond donors (Lipinski definition) is 0. The number of nitrogens with zero attached hydrogens (tertiary/aromatic N) is 4. The summed E-state index contributed by atoms with van der Waals surface area (Å²) in [5.41, 5.74) is 12.5. The van der Waals surface area contributed by atoms with Crippen LogP contribution in [0.3, 0.4) is 0 Å². The number of benzene rings is 5. The van der Waals surface area contributed by atoms with Gasteiger partial charge in [0.05, 0.1) is 5.69 Å². The third-order valence-electron chi connectivity index (χ3n) is 8.02. The maximum Gasteiger partial charge on any atom is 0.164 e. The SMILES string of the molecule is c1ccc(-c2nc(-c3ccccc3)nc(-c3cccc(-c4cccc(-c5cccc6c5Cc5cccnc5-6)c4)c3)n2)cc1. The minimum atomic E-state index is 0.650. The molecule has 0 aliphatic heterocycles. The Labute approximate surface area is 250 Å². The summed E-state index contributed by atoms with van der Waals surface area (Å²) in [6.07, 6.45) is 2.79. The summed E-state index contributed by atoms with van der Waals surface area (Å²) in [6.45, 7) is 0. The quantitative estimate of drug-likeness (QED) is 0.214. The van der Waals surface area contributed by atoms with Gasteiger partial charge in [-0.3, -0.25) is 4.98 Å². The highest BCUT2D eigenvalue weighted by Crippen LogP contribution is 2.41. The van der Waals surface area contributed by atoms with E-state index in [2.05, 4.69) is 77.8 Å². The van der Waals surface area contributed by atoms with Crippen LogP contribution in [0.4, 0.5) is 0 Å². The number of rotatable bonds is 5. The molecule has 0 radical (unpaired) electrons. The fourth-order valence-corrected chi connectivity index (χ4v) is 5.93. The zero-order chi connectivity index (χ0) is 28.6. The molecule has 0 saturated heterocycles. The lowest BCUT2D eigenvalue weighted by molar-refractivity contribution is 1.07. The highest BCUT2D eigenvalue weighted by molar-refractivity contribution is 5.85. The van der Waals surface area contributed by atoms with Crippen LogP contribution < -0.4 is 0 Å². The minimum Gasteiger partial charge on any atom is -0.256 e. The number of aromatic nitrogens is 4. The maximum absolute atomic E-state index is 4.93. The van der Waals surface area contributed by atoms with E-state index >= 15 is 0 Å². The summed E-state index contributed by atoms with van der Waals surface area (Å²) < 4.78 is 0. The molecule has 0 unspecified atom stereocenters. The number of fused-ring (bicyclic) bond motifs is 3. The summed E-state index contributed by atoms with van der Waals surface area (Å²) in [7, 11) is 0. The van der Waals surface area contributed by atoms with Gasteiger partial charge in [-0.15, -0.1) is 0 Å². The smallest absolute Gasteiger partial charge is 0.164 e. The first-order valence-electron chi connectivity index (χ1n) is 14.4. The Hall–Kier alpha value is -5.74. The minimum absolute atomic E-state index is 0.650. The average Bonchev–Trinajstić information content (AvgIpc) is 3.48. The Morgan fingerprint density at radius 2 is 0.907 bits per heavy atom. The molecule has 0 fully saturated rings. The van der Waals surface area contributed by atoms with Crippen LogP contribution in [0, 0.1) is 0 Å². The van der Waals surface area contributed by atoms with Crippen LogP contribution in [0.25, 0.3) is 67.7 Å². The molecule has 0 amide bonds. The third-order valence-corrected chi connectivity index (χ3v) is 8.02. The van der Waals surface area contributed by atoms with Crippen LogP contribution in [-0.4, -0.2) is 19.9 Å². The van der Waals surface area contributed by atoms with Gasteiger partial charge in [-0.05, 0) is 51.6 Å². The first-order valence-corrected chi connectivity index (χ1v) is 14.4. The highest BCUT2D eigenvalue weighted by Gasteiger charge is 2.22. The van der Waals surface area contributed by atoms with Crippen molar-refractivity contribution in [3.05, 3.63) is 157 Å².